The van der Waals surface area contributed by atoms with Gasteiger partial charge in [-0.15, -0.1) is 0 Å². The van der Waals surface area contributed by atoms with Gasteiger partial charge in [-0.25, -0.2) is 0 Å². The smallest absolute Gasteiger partial charge is 0.294 e. The molecule has 2 rings (SSSR count). The van der Waals surface area contributed by atoms with Gasteiger partial charge in [-0.1, -0.05) is 31.5 Å². The van der Waals surface area contributed by atoms with Crippen LogP contribution in [0.3, 0.4) is 0 Å². The van der Waals surface area contributed by atoms with Crippen LogP contribution in [0.5, 0.6) is 0 Å². The first-order chi connectivity index (χ1) is 9.56. The second-order valence-electron chi connectivity index (χ2n) is 5.14. The summed E-state index contributed by atoms with van der Waals surface area (Å²) in [5, 5.41) is 0.851. The van der Waals surface area contributed by atoms with E-state index in [1.807, 2.05) is 30.5 Å². The maximum absolute atomic E-state index is 12.3. The summed E-state index contributed by atoms with van der Waals surface area (Å²) < 4.78 is 2.06. The van der Waals surface area contributed by atoms with E-state index in [0.29, 0.717) is 5.56 Å². The standard InChI is InChI=1S/C16H20N2O2/c1-4-5-10-18-11-13(15(19)16(20)17(2)3)12-8-6-7-9-14(12)18/h6-9,11H,4-5,10H2,1-3H3. The molecule has 1 aromatic carbocycles. The molecule has 0 aliphatic carbocycles. The summed E-state index contributed by atoms with van der Waals surface area (Å²) in [5.41, 5.74) is 1.51. The van der Waals surface area contributed by atoms with Crippen molar-refractivity contribution in [2.75, 3.05) is 14.1 Å². The molecule has 0 fully saturated rings. The van der Waals surface area contributed by atoms with Crippen molar-refractivity contribution in [2.45, 2.75) is 26.3 Å². The molecule has 20 heavy (non-hydrogen) atoms. The molecule has 106 valence electrons. The number of carbonyl (C=O) groups is 2. The lowest BCUT2D eigenvalue weighted by Crippen LogP contribution is -2.29. The molecule has 0 N–H and O–H groups in total. The number of hydrogen-bond donors (Lipinski definition) is 0. The van der Waals surface area contributed by atoms with Crippen LogP contribution < -0.4 is 0 Å². The normalized spacial score (nSPS) is 10.8. The van der Waals surface area contributed by atoms with Crippen LogP contribution in [0.4, 0.5) is 0 Å². The number of para-hydroxylation sites is 1. The average molecular weight is 272 g/mol. The molecule has 0 aliphatic rings. The van der Waals surface area contributed by atoms with Crippen molar-refractivity contribution in [3.05, 3.63) is 36.0 Å². The molecule has 0 unspecified atom stereocenters. The number of aromatic nitrogens is 1. The van der Waals surface area contributed by atoms with E-state index in [-0.39, 0.29) is 0 Å². The molecule has 0 spiro atoms. The van der Waals surface area contributed by atoms with Crippen molar-refractivity contribution < 1.29 is 9.59 Å². The summed E-state index contributed by atoms with van der Waals surface area (Å²) in [6.45, 7) is 2.99. The number of fused-ring (bicyclic) bond motifs is 1. The number of Topliss-reactive ketones (excluding diaryl/α,β-unsaturated/α-hetero) is 1. The topological polar surface area (TPSA) is 42.3 Å². The summed E-state index contributed by atoms with van der Waals surface area (Å²) in [6, 6.07) is 7.73. The summed E-state index contributed by atoms with van der Waals surface area (Å²) in [6.07, 6.45) is 3.95. The predicted molar refractivity (Wildman–Crippen MR) is 79.9 cm³/mol. The fourth-order valence-electron chi connectivity index (χ4n) is 2.26. The van der Waals surface area contributed by atoms with Crippen molar-refractivity contribution in [3.8, 4) is 0 Å². The van der Waals surface area contributed by atoms with Crippen molar-refractivity contribution in [1.29, 1.82) is 0 Å². The SMILES string of the molecule is CCCCn1cc(C(=O)C(=O)N(C)C)c2ccccc21. The van der Waals surface area contributed by atoms with E-state index >= 15 is 0 Å². The lowest BCUT2D eigenvalue weighted by Gasteiger charge is -2.07. The number of hydrogen-bond acceptors (Lipinski definition) is 2. The van der Waals surface area contributed by atoms with Gasteiger partial charge in [0.1, 0.15) is 0 Å². The van der Waals surface area contributed by atoms with Crippen LogP contribution in [0.25, 0.3) is 10.9 Å². The van der Waals surface area contributed by atoms with Crippen LogP contribution in [0, 0.1) is 0 Å². The maximum atomic E-state index is 12.3. The molecule has 0 atom stereocenters. The lowest BCUT2D eigenvalue weighted by molar-refractivity contribution is -0.124. The minimum Gasteiger partial charge on any atom is -0.347 e. The minimum absolute atomic E-state index is 0.443. The fraction of sp³-hybridized carbons (Fsp3) is 0.375. The molecule has 0 aliphatic heterocycles. The second-order valence-corrected chi connectivity index (χ2v) is 5.14. The van der Waals surface area contributed by atoms with Crippen LogP contribution in [0.15, 0.2) is 30.5 Å². The Hall–Kier alpha value is -2.10. The number of nitrogens with zero attached hydrogens (tertiary/aromatic N) is 2. The fourth-order valence-corrected chi connectivity index (χ4v) is 2.26. The molecule has 1 amide bonds. The first-order valence-corrected chi connectivity index (χ1v) is 6.90. The molecular weight excluding hydrogens is 252 g/mol. The molecule has 2 aromatic rings. The third-order valence-electron chi connectivity index (χ3n) is 3.39. The Morgan fingerprint density at radius 3 is 2.55 bits per heavy atom. The summed E-state index contributed by atoms with van der Waals surface area (Å²) in [7, 11) is 3.19. The van der Waals surface area contributed by atoms with Gasteiger partial charge in [0, 0.05) is 37.7 Å². The quantitative estimate of drug-likeness (QED) is 0.620. The van der Waals surface area contributed by atoms with E-state index in [1.54, 1.807) is 14.1 Å². The van der Waals surface area contributed by atoms with Crippen LogP contribution >= 0.6 is 0 Å². The van der Waals surface area contributed by atoms with E-state index in [2.05, 4.69) is 11.5 Å². The van der Waals surface area contributed by atoms with Crippen molar-refractivity contribution >= 4 is 22.6 Å². The summed E-state index contributed by atoms with van der Waals surface area (Å²) >= 11 is 0. The number of likely N-dealkylation sites (N-methyl/N-ethyl adjacent to an activating group) is 1. The third-order valence-corrected chi connectivity index (χ3v) is 3.39. The lowest BCUT2D eigenvalue weighted by atomic mass is 10.1. The highest BCUT2D eigenvalue weighted by atomic mass is 16.2. The molecule has 4 heteroatoms. The van der Waals surface area contributed by atoms with E-state index in [9.17, 15) is 9.59 Å². The van der Waals surface area contributed by atoms with E-state index in [4.69, 9.17) is 0 Å². The number of amides is 1. The molecule has 1 aromatic heterocycles. The van der Waals surface area contributed by atoms with E-state index in [0.717, 1.165) is 30.3 Å². The Kier molecular flexibility index (Phi) is 4.23. The second kappa shape index (κ2) is 5.90. The average Bonchev–Trinajstić information content (AvgIpc) is 2.82. The van der Waals surface area contributed by atoms with Crippen LogP contribution in [-0.2, 0) is 11.3 Å². The molecule has 4 nitrogen and oxygen atoms in total. The molecule has 0 radical (unpaired) electrons. The van der Waals surface area contributed by atoms with E-state index in [1.165, 1.54) is 4.90 Å². The number of benzene rings is 1. The highest BCUT2D eigenvalue weighted by Crippen LogP contribution is 2.22. The van der Waals surface area contributed by atoms with Gasteiger partial charge in [0.25, 0.3) is 11.7 Å². The van der Waals surface area contributed by atoms with Crippen molar-refractivity contribution in [2.24, 2.45) is 0 Å². The monoisotopic (exact) mass is 272 g/mol. The van der Waals surface area contributed by atoms with Crippen LogP contribution in [-0.4, -0.2) is 35.3 Å². The van der Waals surface area contributed by atoms with Gasteiger partial charge in [-0.2, -0.15) is 0 Å². The zero-order valence-corrected chi connectivity index (χ0v) is 12.2. The number of ketones is 1. The predicted octanol–water partition coefficient (Wildman–Crippen LogP) is 2.71. The number of carbonyl (C=O) groups excluding carboxylic acids is 2. The van der Waals surface area contributed by atoms with Gasteiger partial charge in [0.2, 0.25) is 0 Å². The molecule has 0 bridgehead atoms. The minimum atomic E-state index is -0.483. The van der Waals surface area contributed by atoms with Gasteiger partial charge in [0.05, 0.1) is 5.56 Å². The third kappa shape index (κ3) is 2.59. The Morgan fingerprint density at radius 2 is 1.90 bits per heavy atom. The highest BCUT2D eigenvalue weighted by molar-refractivity contribution is 6.44. The molecule has 0 saturated heterocycles. The zero-order chi connectivity index (χ0) is 14.7. The Labute approximate surface area is 119 Å². The zero-order valence-electron chi connectivity index (χ0n) is 12.2. The van der Waals surface area contributed by atoms with Crippen molar-refractivity contribution in [3.63, 3.8) is 0 Å². The first-order valence-electron chi connectivity index (χ1n) is 6.90. The Bertz CT molecular complexity index is 641. The highest BCUT2D eigenvalue weighted by Gasteiger charge is 2.22. The number of aryl methyl sites for hydroxylation is 1. The van der Waals surface area contributed by atoms with Gasteiger partial charge >= 0.3 is 0 Å². The Morgan fingerprint density at radius 1 is 1.20 bits per heavy atom. The number of unbranched alkanes of at least 4 members (excludes halogenated alkanes) is 1. The largest absolute Gasteiger partial charge is 0.347 e. The van der Waals surface area contributed by atoms with Gasteiger partial charge in [-0.05, 0) is 12.5 Å². The molecule has 1 heterocycles. The van der Waals surface area contributed by atoms with Crippen molar-refractivity contribution in [1.82, 2.24) is 9.47 Å². The summed E-state index contributed by atoms with van der Waals surface area (Å²) in [4.78, 5) is 25.5. The van der Waals surface area contributed by atoms with Crippen LogP contribution in [0.1, 0.15) is 30.1 Å². The van der Waals surface area contributed by atoms with Gasteiger partial charge < -0.3 is 9.47 Å². The summed E-state index contributed by atoms with van der Waals surface area (Å²) in [5.74, 6) is -0.926. The van der Waals surface area contributed by atoms with Crippen LogP contribution in [0.2, 0.25) is 0 Å². The molecule has 0 saturated carbocycles. The van der Waals surface area contributed by atoms with Gasteiger partial charge in [-0.3, -0.25) is 9.59 Å². The van der Waals surface area contributed by atoms with E-state index < -0.39 is 11.7 Å². The maximum Gasteiger partial charge on any atom is 0.294 e. The van der Waals surface area contributed by atoms with Gasteiger partial charge in [0.15, 0.2) is 0 Å². The Balaban J connectivity index is 2.48. The first kappa shape index (κ1) is 14.3. The molecular formula is C16H20N2O2. The number of rotatable bonds is 5.